The quantitative estimate of drug-likeness (QED) is 0.128. The molecule has 4 fully saturated rings. The third kappa shape index (κ3) is 5.04. The molecule has 4 bridgehead atoms. The molecule has 0 aliphatic heterocycles. The summed E-state index contributed by atoms with van der Waals surface area (Å²) in [6, 6.07) is 61.3. The molecule has 306 valence electrons. The van der Waals surface area contributed by atoms with E-state index in [-0.39, 0.29) is 5.41 Å². The molecule has 64 heavy (non-hydrogen) atoms. The highest BCUT2D eigenvalue weighted by atomic mass is 16.5. The predicted molar refractivity (Wildman–Crippen MR) is 264 cm³/mol. The van der Waals surface area contributed by atoms with Crippen molar-refractivity contribution in [2.45, 2.75) is 37.5 Å². The minimum absolute atomic E-state index is 0.0908. The maximum atomic E-state index is 5.92. The van der Waals surface area contributed by atoms with Gasteiger partial charge in [-0.1, -0.05) is 127 Å². The summed E-state index contributed by atoms with van der Waals surface area (Å²) in [4.78, 5) is 9.64. The van der Waals surface area contributed by atoms with E-state index in [1.807, 2.05) is 31.6 Å². The van der Waals surface area contributed by atoms with E-state index >= 15 is 0 Å². The summed E-state index contributed by atoms with van der Waals surface area (Å²) in [5.74, 6) is 4.21. The van der Waals surface area contributed by atoms with Crippen molar-refractivity contribution in [3.05, 3.63) is 187 Å². The number of pyridine rings is 2. The normalized spacial score (nSPS) is 21.6. The number of hydrogen-bond donors (Lipinski definition) is 0. The fourth-order valence-electron chi connectivity index (χ4n) is 14.0. The number of fused-ring (bicyclic) bond motifs is 8. The van der Waals surface area contributed by atoms with Gasteiger partial charge in [-0.3, -0.25) is 9.97 Å². The van der Waals surface area contributed by atoms with Gasteiger partial charge in [0.05, 0.1) is 18.1 Å². The Morgan fingerprint density at radius 2 is 1.05 bits per heavy atom. The first-order valence-corrected chi connectivity index (χ1v) is 23.3. The number of aromatic nitrogens is 2. The summed E-state index contributed by atoms with van der Waals surface area (Å²) >= 11 is 0. The van der Waals surface area contributed by atoms with Crippen LogP contribution in [0, 0.1) is 23.7 Å². The van der Waals surface area contributed by atoms with Crippen LogP contribution in [0.25, 0.3) is 99.0 Å². The van der Waals surface area contributed by atoms with E-state index in [1.165, 1.54) is 115 Å². The molecule has 3 nitrogen and oxygen atoms in total. The SMILES string of the molecule is COc1ccc2c(c1)C1(c3cccc(-c4ccc(-c5cccc(-c6c7ccccc7c(-c7cc8cccnc8c8ncccc78)c7ccccc67)c5)cc4)c3-2)C2CC3CC(C2)CC1C3. The Balaban J connectivity index is 0.890. The van der Waals surface area contributed by atoms with E-state index in [0.29, 0.717) is 11.8 Å². The van der Waals surface area contributed by atoms with Crippen molar-refractivity contribution in [1.82, 2.24) is 9.97 Å². The number of nitrogens with zero attached hydrogens (tertiary/aromatic N) is 2. The van der Waals surface area contributed by atoms with Gasteiger partial charge in [0.2, 0.25) is 0 Å². The van der Waals surface area contributed by atoms with Crippen LogP contribution in [0.15, 0.2) is 176 Å². The first-order chi connectivity index (χ1) is 31.7. The average molecular weight is 823 g/mol. The third-order valence-corrected chi connectivity index (χ3v) is 16.2. The second kappa shape index (κ2) is 13.7. The molecular weight excluding hydrogens is 777 g/mol. The van der Waals surface area contributed by atoms with Crippen LogP contribution < -0.4 is 4.74 Å². The lowest BCUT2D eigenvalue weighted by Crippen LogP contribution is -2.55. The van der Waals surface area contributed by atoms with Crippen LogP contribution in [0.2, 0.25) is 0 Å². The number of methoxy groups -OCH3 is 1. The molecule has 2 heterocycles. The van der Waals surface area contributed by atoms with E-state index < -0.39 is 0 Å². The Kier molecular flexibility index (Phi) is 7.79. The molecule has 0 atom stereocenters. The average Bonchev–Trinajstić information content (AvgIpc) is 3.64. The number of rotatable bonds is 5. The monoisotopic (exact) mass is 822 g/mol. The maximum Gasteiger partial charge on any atom is 0.119 e. The second-order valence-corrected chi connectivity index (χ2v) is 19.2. The molecule has 2 aromatic heterocycles. The molecular formula is C61H46N2O. The fraction of sp³-hybridized carbons (Fsp3) is 0.180. The number of ether oxygens (including phenoxy) is 1. The lowest BCUT2D eigenvalue weighted by Gasteiger charge is -2.61. The molecule has 5 aliphatic carbocycles. The van der Waals surface area contributed by atoms with Gasteiger partial charge in [-0.15, -0.1) is 0 Å². The topological polar surface area (TPSA) is 35.0 Å². The van der Waals surface area contributed by atoms with Crippen molar-refractivity contribution in [2.24, 2.45) is 23.7 Å². The summed E-state index contributed by atoms with van der Waals surface area (Å²) in [5, 5.41) is 7.13. The summed E-state index contributed by atoms with van der Waals surface area (Å²) in [5.41, 5.74) is 17.9. The zero-order chi connectivity index (χ0) is 42.1. The van der Waals surface area contributed by atoms with Crippen LogP contribution >= 0.6 is 0 Å². The molecule has 0 amide bonds. The molecule has 3 heteroatoms. The van der Waals surface area contributed by atoms with E-state index in [9.17, 15) is 0 Å². The minimum atomic E-state index is 0.0908. The van der Waals surface area contributed by atoms with Crippen LogP contribution in [0.3, 0.4) is 0 Å². The van der Waals surface area contributed by atoms with E-state index in [4.69, 9.17) is 14.7 Å². The van der Waals surface area contributed by atoms with E-state index in [0.717, 1.165) is 39.4 Å². The van der Waals surface area contributed by atoms with Crippen molar-refractivity contribution < 1.29 is 4.74 Å². The van der Waals surface area contributed by atoms with Crippen molar-refractivity contribution >= 4 is 43.4 Å². The van der Waals surface area contributed by atoms with Gasteiger partial charge in [0.25, 0.3) is 0 Å². The molecule has 1 spiro atoms. The molecule has 10 aromatic rings. The van der Waals surface area contributed by atoms with Gasteiger partial charge >= 0.3 is 0 Å². The van der Waals surface area contributed by atoms with Gasteiger partial charge in [0, 0.05) is 28.6 Å². The predicted octanol–water partition coefficient (Wildman–Crippen LogP) is 15.5. The lowest BCUT2D eigenvalue weighted by atomic mass is 9.43. The smallest absolute Gasteiger partial charge is 0.119 e. The third-order valence-electron chi connectivity index (χ3n) is 16.2. The number of hydrogen-bond acceptors (Lipinski definition) is 3. The molecule has 8 aromatic carbocycles. The summed E-state index contributed by atoms with van der Waals surface area (Å²) in [6.45, 7) is 0. The number of benzene rings is 8. The maximum absolute atomic E-state index is 5.92. The Hall–Kier alpha value is -7.10. The highest BCUT2D eigenvalue weighted by Gasteiger charge is 2.61. The minimum Gasteiger partial charge on any atom is -0.497 e. The molecule has 0 N–H and O–H groups in total. The Morgan fingerprint density at radius 3 is 1.77 bits per heavy atom. The van der Waals surface area contributed by atoms with E-state index in [2.05, 4.69) is 152 Å². The zero-order valence-electron chi connectivity index (χ0n) is 35.9. The van der Waals surface area contributed by atoms with Crippen molar-refractivity contribution in [2.75, 3.05) is 7.11 Å². The van der Waals surface area contributed by atoms with Crippen LogP contribution in [-0.2, 0) is 5.41 Å². The molecule has 15 rings (SSSR count). The first kappa shape index (κ1) is 36.4. The Labute approximate surface area is 373 Å². The highest BCUT2D eigenvalue weighted by Crippen LogP contribution is 2.70. The van der Waals surface area contributed by atoms with Gasteiger partial charge in [0.1, 0.15) is 5.75 Å². The zero-order valence-corrected chi connectivity index (χ0v) is 35.9. The van der Waals surface area contributed by atoms with Crippen LogP contribution in [0.1, 0.15) is 43.2 Å². The summed E-state index contributed by atoms with van der Waals surface area (Å²) < 4.78 is 5.92. The van der Waals surface area contributed by atoms with Gasteiger partial charge in [-0.2, -0.15) is 0 Å². The van der Waals surface area contributed by atoms with Crippen molar-refractivity contribution in [3.8, 4) is 61.4 Å². The lowest BCUT2D eigenvalue weighted by molar-refractivity contribution is -0.0399. The van der Waals surface area contributed by atoms with Crippen LogP contribution in [0.5, 0.6) is 5.75 Å². The van der Waals surface area contributed by atoms with Crippen LogP contribution in [0.4, 0.5) is 0 Å². The van der Waals surface area contributed by atoms with Gasteiger partial charge in [0.15, 0.2) is 0 Å². The molecule has 4 saturated carbocycles. The molecule has 0 unspecified atom stereocenters. The largest absolute Gasteiger partial charge is 0.497 e. The van der Waals surface area contributed by atoms with Crippen molar-refractivity contribution in [1.29, 1.82) is 0 Å². The first-order valence-electron chi connectivity index (χ1n) is 23.3. The Bertz CT molecular complexity index is 3480. The van der Waals surface area contributed by atoms with Gasteiger partial charge in [-0.25, -0.2) is 0 Å². The second-order valence-electron chi connectivity index (χ2n) is 19.2. The Morgan fingerprint density at radius 1 is 0.422 bits per heavy atom. The molecule has 0 saturated heterocycles. The fourth-order valence-corrected chi connectivity index (χ4v) is 14.0. The summed E-state index contributed by atoms with van der Waals surface area (Å²) in [7, 11) is 1.82. The standard InChI is InChI=1S/C61H46N2O/c1-64-45-24-25-52-55(35-45)61(43-29-36-28-37(31-43)32-44(61)30-36)54-19-7-17-46(58(52)54)39-22-20-38(21-23-39)40-10-6-11-41(33-40)56-47-13-2-4-15-49(47)57(50-16-5-3-14-48(50)56)53-34-42-12-8-26-62-59(42)60-51(53)18-9-27-63-60/h2-27,33-37,43-44H,28-32H2,1H3. The molecule has 5 aliphatic rings. The van der Waals surface area contributed by atoms with Crippen LogP contribution in [-0.4, -0.2) is 17.1 Å². The van der Waals surface area contributed by atoms with Crippen molar-refractivity contribution in [3.63, 3.8) is 0 Å². The van der Waals surface area contributed by atoms with E-state index in [1.54, 1.807) is 5.56 Å². The molecule has 0 radical (unpaired) electrons. The van der Waals surface area contributed by atoms with Gasteiger partial charge < -0.3 is 4.74 Å². The summed E-state index contributed by atoms with van der Waals surface area (Å²) in [6.07, 6.45) is 10.7. The highest BCUT2D eigenvalue weighted by molar-refractivity contribution is 6.25. The van der Waals surface area contributed by atoms with Gasteiger partial charge in [-0.05, 0) is 180 Å².